The number of nitro benzene ring substituents is 1. The van der Waals surface area contributed by atoms with Gasteiger partial charge < -0.3 is 5.32 Å². The van der Waals surface area contributed by atoms with E-state index in [1.54, 1.807) is 23.0 Å². The van der Waals surface area contributed by atoms with Crippen LogP contribution in [0.2, 0.25) is 5.02 Å². The molecular formula is C13H15ClN4O2. The Hall–Kier alpha value is -2.08. The minimum absolute atomic E-state index is 0.0688. The molecule has 0 aliphatic rings. The van der Waals surface area contributed by atoms with Crippen LogP contribution in [0.1, 0.15) is 18.2 Å². The molecule has 0 fully saturated rings. The maximum Gasteiger partial charge on any atom is 0.292 e. The molecule has 0 bridgehead atoms. The Morgan fingerprint density at radius 3 is 2.80 bits per heavy atom. The molecule has 0 saturated heterocycles. The van der Waals surface area contributed by atoms with E-state index in [1.165, 1.54) is 0 Å². The molecule has 2 rings (SSSR count). The van der Waals surface area contributed by atoms with Crippen molar-refractivity contribution in [1.29, 1.82) is 0 Å². The first-order chi connectivity index (χ1) is 9.51. The van der Waals surface area contributed by atoms with E-state index in [9.17, 15) is 10.1 Å². The topological polar surface area (TPSA) is 73.0 Å². The van der Waals surface area contributed by atoms with Crippen LogP contribution in [0.5, 0.6) is 0 Å². The third-order valence-corrected chi connectivity index (χ3v) is 3.23. The predicted octanol–water partition coefficient (Wildman–Crippen LogP) is 3.23. The van der Waals surface area contributed by atoms with Gasteiger partial charge in [-0.05, 0) is 25.5 Å². The van der Waals surface area contributed by atoms with Gasteiger partial charge in [0.25, 0.3) is 5.69 Å². The van der Waals surface area contributed by atoms with Crippen LogP contribution < -0.4 is 5.32 Å². The highest BCUT2D eigenvalue weighted by atomic mass is 35.5. The molecule has 0 unspecified atom stereocenters. The summed E-state index contributed by atoms with van der Waals surface area (Å²) in [6, 6.07) is 5.12. The lowest BCUT2D eigenvalue weighted by molar-refractivity contribution is -0.384. The molecule has 0 aliphatic carbocycles. The van der Waals surface area contributed by atoms with Gasteiger partial charge in [-0.2, -0.15) is 5.10 Å². The molecule has 0 spiro atoms. The lowest BCUT2D eigenvalue weighted by atomic mass is 10.1. The quantitative estimate of drug-likeness (QED) is 0.679. The molecule has 2 aromatic rings. The lowest BCUT2D eigenvalue weighted by Crippen LogP contribution is -2.04. The zero-order valence-corrected chi connectivity index (χ0v) is 12.0. The molecule has 0 atom stereocenters. The van der Waals surface area contributed by atoms with Crippen molar-refractivity contribution in [1.82, 2.24) is 9.78 Å². The summed E-state index contributed by atoms with van der Waals surface area (Å²) in [4.78, 5) is 10.7. The van der Waals surface area contributed by atoms with Crippen LogP contribution in [0, 0.1) is 17.0 Å². The highest BCUT2D eigenvalue weighted by molar-refractivity contribution is 6.31. The van der Waals surface area contributed by atoms with Crippen molar-refractivity contribution in [3.63, 3.8) is 0 Å². The van der Waals surface area contributed by atoms with Crippen molar-refractivity contribution in [2.24, 2.45) is 0 Å². The third kappa shape index (κ3) is 3.08. The number of hydrogen-bond donors (Lipinski definition) is 1. The fourth-order valence-corrected chi connectivity index (χ4v) is 2.08. The number of nitro groups is 1. The van der Waals surface area contributed by atoms with Gasteiger partial charge in [0, 0.05) is 18.8 Å². The number of nitrogens with one attached hydrogen (secondary N) is 1. The summed E-state index contributed by atoms with van der Waals surface area (Å²) in [5, 5.41) is 18.9. The second kappa shape index (κ2) is 5.92. The molecule has 6 nitrogen and oxygen atoms in total. The molecule has 1 aromatic heterocycles. The standard InChI is InChI=1S/C13H15ClN4O2/c1-3-15-12-5-4-10(6-13(12)18(19)20)7-17-8-11(14)9(2)16-17/h4-6,8,15H,3,7H2,1-2H3. The van der Waals surface area contributed by atoms with Gasteiger partial charge in [-0.1, -0.05) is 17.7 Å². The Labute approximate surface area is 121 Å². The molecule has 0 amide bonds. The van der Waals surface area contributed by atoms with Gasteiger partial charge in [0.05, 0.1) is 22.2 Å². The van der Waals surface area contributed by atoms with Crippen LogP contribution in [0.25, 0.3) is 0 Å². The molecule has 20 heavy (non-hydrogen) atoms. The SMILES string of the molecule is CCNc1ccc(Cn2cc(Cl)c(C)n2)cc1[N+](=O)[O-]. The average Bonchev–Trinajstić information content (AvgIpc) is 2.70. The summed E-state index contributed by atoms with van der Waals surface area (Å²) in [6.45, 7) is 4.79. The number of hydrogen-bond acceptors (Lipinski definition) is 4. The number of aromatic nitrogens is 2. The van der Waals surface area contributed by atoms with Crippen LogP contribution in [-0.2, 0) is 6.54 Å². The maximum atomic E-state index is 11.1. The Morgan fingerprint density at radius 2 is 2.25 bits per heavy atom. The molecule has 0 saturated carbocycles. The van der Waals surface area contributed by atoms with Crippen molar-refractivity contribution < 1.29 is 4.92 Å². The van der Waals surface area contributed by atoms with E-state index in [-0.39, 0.29) is 10.6 Å². The largest absolute Gasteiger partial charge is 0.380 e. The molecule has 0 radical (unpaired) electrons. The van der Waals surface area contributed by atoms with Crippen molar-refractivity contribution in [3.8, 4) is 0 Å². The molecule has 7 heteroatoms. The van der Waals surface area contributed by atoms with E-state index in [4.69, 9.17) is 11.6 Å². The van der Waals surface area contributed by atoms with Crippen LogP contribution in [0.3, 0.4) is 0 Å². The first-order valence-electron chi connectivity index (χ1n) is 6.22. The molecule has 1 aromatic carbocycles. The van der Waals surface area contributed by atoms with Gasteiger partial charge in [-0.25, -0.2) is 0 Å². The van der Waals surface area contributed by atoms with E-state index in [0.717, 1.165) is 11.3 Å². The average molecular weight is 295 g/mol. The molecule has 1 heterocycles. The number of aryl methyl sites for hydroxylation is 1. The summed E-state index contributed by atoms with van der Waals surface area (Å²) in [5.74, 6) is 0. The summed E-state index contributed by atoms with van der Waals surface area (Å²) < 4.78 is 1.67. The smallest absolute Gasteiger partial charge is 0.292 e. The Morgan fingerprint density at radius 1 is 1.50 bits per heavy atom. The number of anilines is 1. The van der Waals surface area contributed by atoms with Gasteiger partial charge in [0.15, 0.2) is 0 Å². The molecule has 1 N–H and O–H groups in total. The fourth-order valence-electron chi connectivity index (χ4n) is 1.93. The van der Waals surface area contributed by atoms with E-state index < -0.39 is 0 Å². The number of nitrogens with zero attached hydrogens (tertiary/aromatic N) is 3. The van der Waals surface area contributed by atoms with Crippen molar-refractivity contribution in [2.45, 2.75) is 20.4 Å². The Balaban J connectivity index is 2.28. The second-order valence-corrected chi connectivity index (χ2v) is 4.81. The summed E-state index contributed by atoms with van der Waals surface area (Å²) >= 11 is 5.94. The predicted molar refractivity (Wildman–Crippen MR) is 78.3 cm³/mol. The van der Waals surface area contributed by atoms with E-state index in [0.29, 0.717) is 23.8 Å². The lowest BCUT2D eigenvalue weighted by Gasteiger charge is -2.07. The fraction of sp³-hybridized carbons (Fsp3) is 0.308. The first-order valence-corrected chi connectivity index (χ1v) is 6.59. The summed E-state index contributed by atoms with van der Waals surface area (Å²) in [5.41, 5.74) is 2.14. The Kier molecular flexibility index (Phi) is 4.24. The zero-order valence-electron chi connectivity index (χ0n) is 11.3. The number of benzene rings is 1. The Bertz CT molecular complexity index is 620. The molecule has 0 aliphatic heterocycles. The van der Waals surface area contributed by atoms with Crippen LogP contribution in [0.15, 0.2) is 24.4 Å². The van der Waals surface area contributed by atoms with Crippen LogP contribution in [0.4, 0.5) is 11.4 Å². The molecule has 106 valence electrons. The zero-order chi connectivity index (χ0) is 14.7. The maximum absolute atomic E-state index is 11.1. The van der Waals surface area contributed by atoms with Crippen molar-refractivity contribution in [2.75, 3.05) is 11.9 Å². The van der Waals surface area contributed by atoms with Crippen molar-refractivity contribution >= 4 is 23.0 Å². The second-order valence-electron chi connectivity index (χ2n) is 4.40. The first kappa shape index (κ1) is 14.3. The van der Waals surface area contributed by atoms with Gasteiger partial charge in [-0.15, -0.1) is 0 Å². The summed E-state index contributed by atoms with van der Waals surface area (Å²) in [7, 11) is 0. The third-order valence-electron chi connectivity index (χ3n) is 2.86. The van der Waals surface area contributed by atoms with Crippen LogP contribution in [-0.4, -0.2) is 21.2 Å². The number of halogens is 1. The van der Waals surface area contributed by atoms with Gasteiger partial charge in [0.1, 0.15) is 5.69 Å². The monoisotopic (exact) mass is 294 g/mol. The van der Waals surface area contributed by atoms with E-state index in [2.05, 4.69) is 10.4 Å². The van der Waals surface area contributed by atoms with Crippen LogP contribution >= 0.6 is 11.6 Å². The summed E-state index contributed by atoms with van der Waals surface area (Å²) in [6.07, 6.45) is 1.71. The highest BCUT2D eigenvalue weighted by Gasteiger charge is 2.14. The number of rotatable bonds is 5. The van der Waals surface area contributed by atoms with Gasteiger partial charge >= 0.3 is 0 Å². The highest BCUT2D eigenvalue weighted by Crippen LogP contribution is 2.26. The normalized spacial score (nSPS) is 10.6. The minimum Gasteiger partial charge on any atom is -0.380 e. The van der Waals surface area contributed by atoms with Gasteiger partial charge in [-0.3, -0.25) is 14.8 Å². The van der Waals surface area contributed by atoms with Gasteiger partial charge in [0.2, 0.25) is 0 Å². The van der Waals surface area contributed by atoms with E-state index >= 15 is 0 Å². The minimum atomic E-state index is -0.386. The van der Waals surface area contributed by atoms with Crippen molar-refractivity contribution in [3.05, 3.63) is 50.8 Å². The van der Waals surface area contributed by atoms with E-state index in [1.807, 2.05) is 19.9 Å². The molecular weight excluding hydrogens is 280 g/mol.